The SMILES string of the molecule is O=C(C[C@@H]1C[C@H]1c1ccc(Br)cc1)N[C@@H]1CCN(c2cncc(C(F)(F)F)c2)C1. The minimum Gasteiger partial charge on any atom is -0.368 e. The van der Waals surface area contributed by atoms with Gasteiger partial charge < -0.3 is 10.2 Å². The van der Waals surface area contributed by atoms with Gasteiger partial charge in [0.2, 0.25) is 5.91 Å². The monoisotopic (exact) mass is 467 g/mol. The number of carbonyl (C=O) groups is 1. The van der Waals surface area contributed by atoms with Crippen LogP contribution in [-0.2, 0) is 11.0 Å². The number of rotatable bonds is 5. The van der Waals surface area contributed by atoms with Crippen LogP contribution in [0.25, 0.3) is 0 Å². The number of halogens is 4. The van der Waals surface area contributed by atoms with Crippen LogP contribution in [0, 0.1) is 5.92 Å². The van der Waals surface area contributed by atoms with Crippen LogP contribution in [-0.4, -0.2) is 30.0 Å². The van der Waals surface area contributed by atoms with E-state index in [2.05, 4.69) is 38.4 Å². The Morgan fingerprint density at radius 3 is 2.72 bits per heavy atom. The first-order valence-corrected chi connectivity index (χ1v) is 10.4. The Morgan fingerprint density at radius 2 is 2.00 bits per heavy atom. The molecule has 1 saturated heterocycles. The molecule has 1 aromatic heterocycles. The van der Waals surface area contributed by atoms with Crippen LogP contribution in [0.5, 0.6) is 0 Å². The van der Waals surface area contributed by atoms with Gasteiger partial charge in [0.05, 0.1) is 17.4 Å². The lowest BCUT2D eigenvalue weighted by atomic mass is 10.1. The van der Waals surface area contributed by atoms with Gasteiger partial charge in [0.1, 0.15) is 0 Å². The summed E-state index contributed by atoms with van der Waals surface area (Å²) >= 11 is 3.43. The summed E-state index contributed by atoms with van der Waals surface area (Å²) in [6.07, 6.45) is 0.0711. The summed E-state index contributed by atoms with van der Waals surface area (Å²) in [4.78, 5) is 18.0. The molecule has 0 bridgehead atoms. The second-order valence-corrected chi connectivity index (χ2v) is 8.70. The van der Waals surface area contributed by atoms with E-state index in [0.29, 0.717) is 43.5 Å². The molecule has 154 valence electrons. The van der Waals surface area contributed by atoms with E-state index in [1.165, 1.54) is 11.8 Å². The summed E-state index contributed by atoms with van der Waals surface area (Å²) in [6.45, 7) is 1.09. The maximum Gasteiger partial charge on any atom is 0.417 e. The molecule has 4 rings (SSSR count). The van der Waals surface area contributed by atoms with Gasteiger partial charge in [-0.25, -0.2) is 0 Å². The predicted molar refractivity (Wildman–Crippen MR) is 108 cm³/mol. The van der Waals surface area contributed by atoms with Crippen LogP contribution < -0.4 is 10.2 Å². The van der Waals surface area contributed by atoms with E-state index in [1.54, 1.807) is 0 Å². The largest absolute Gasteiger partial charge is 0.417 e. The topological polar surface area (TPSA) is 45.2 Å². The average Bonchev–Trinajstić information content (AvgIpc) is 3.27. The van der Waals surface area contributed by atoms with Crippen molar-refractivity contribution in [2.45, 2.75) is 37.4 Å². The van der Waals surface area contributed by atoms with Gasteiger partial charge in [-0.1, -0.05) is 28.1 Å². The van der Waals surface area contributed by atoms with Crippen molar-refractivity contribution in [3.8, 4) is 0 Å². The molecule has 1 N–H and O–H groups in total. The molecule has 2 fully saturated rings. The van der Waals surface area contributed by atoms with Crippen molar-refractivity contribution in [2.24, 2.45) is 5.92 Å². The van der Waals surface area contributed by atoms with Crippen LogP contribution >= 0.6 is 15.9 Å². The molecule has 1 aromatic carbocycles. The second kappa shape index (κ2) is 7.97. The fraction of sp³-hybridized carbons (Fsp3) is 0.429. The summed E-state index contributed by atoms with van der Waals surface area (Å²) in [5.74, 6) is 0.815. The van der Waals surface area contributed by atoms with Crippen LogP contribution in [0.15, 0.2) is 47.2 Å². The number of pyridine rings is 1. The van der Waals surface area contributed by atoms with Crippen molar-refractivity contribution in [3.05, 3.63) is 58.3 Å². The smallest absolute Gasteiger partial charge is 0.368 e. The number of carbonyl (C=O) groups excluding carboxylic acids is 1. The Bertz CT molecular complexity index is 887. The first kappa shape index (κ1) is 20.2. The number of alkyl halides is 3. The number of amides is 1. The summed E-state index contributed by atoms with van der Waals surface area (Å²) < 4.78 is 39.7. The van der Waals surface area contributed by atoms with Gasteiger partial charge in [0.25, 0.3) is 0 Å². The lowest BCUT2D eigenvalue weighted by Gasteiger charge is -2.20. The number of benzene rings is 1. The lowest BCUT2D eigenvalue weighted by Crippen LogP contribution is -2.37. The molecule has 1 aliphatic heterocycles. The number of hydrogen-bond donors (Lipinski definition) is 1. The zero-order valence-corrected chi connectivity index (χ0v) is 17.2. The van der Waals surface area contributed by atoms with Crippen LogP contribution in [0.1, 0.15) is 36.3 Å². The third-order valence-electron chi connectivity index (χ3n) is 5.64. The maximum absolute atomic E-state index is 12.9. The van der Waals surface area contributed by atoms with E-state index in [1.807, 2.05) is 17.0 Å². The molecule has 0 unspecified atom stereocenters. The Kier molecular flexibility index (Phi) is 5.55. The molecule has 2 aromatic rings. The van der Waals surface area contributed by atoms with E-state index in [0.717, 1.165) is 23.2 Å². The molecule has 29 heavy (non-hydrogen) atoms. The van der Waals surface area contributed by atoms with Gasteiger partial charge in [-0.05, 0) is 48.4 Å². The number of hydrogen-bond acceptors (Lipinski definition) is 3. The molecule has 4 nitrogen and oxygen atoms in total. The van der Waals surface area contributed by atoms with Crippen molar-refractivity contribution < 1.29 is 18.0 Å². The summed E-state index contributed by atoms with van der Waals surface area (Å²) in [5.41, 5.74) is 0.944. The fourth-order valence-electron chi connectivity index (χ4n) is 3.98. The van der Waals surface area contributed by atoms with E-state index < -0.39 is 11.7 Å². The number of anilines is 1. The minimum absolute atomic E-state index is 0.0172. The van der Waals surface area contributed by atoms with Crippen molar-refractivity contribution in [1.29, 1.82) is 0 Å². The fourth-order valence-corrected chi connectivity index (χ4v) is 4.25. The van der Waals surface area contributed by atoms with Gasteiger partial charge in [-0.2, -0.15) is 13.2 Å². The third-order valence-corrected chi connectivity index (χ3v) is 6.17. The molecule has 8 heteroatoms. The molecular weight excluding hydrogens is 447 g/mol. The number of nitrogens with one attached hydrogen (secondary N) is 1. The third kappa shape index (κ3) is 4.91. The van der Waals surface area contributed by atoms with Crippen molar-refractivity contribution in [1.82, 2.24) is 10.3 Å². The van der Waals surface area contributed by atoms with Crippen LogP contribution in [0.4, 0.5) is 18.9 Å². The van der Waals surface area contributed by atoms with E-state index >= 15 is 0 Å². The summed E-state index contributed by atoms with van der Waals surface area (Å²) in [5, 5.41) is 3.05. The van der Waals surface area contributed by atoms with Gasteiger partial charge >= 0.3 is 6.18 Å². The van der Waals surface area contributed by atoms with Gasteiger partial charge in [0, 0.05) is 36.2 Å². The van der Waals surface area contributed by atoms with Crippen LogP contribution in [0.2, 0.25) is 0 Å². The van der Waals surface area contributed by atoms with Crippen molar-refractivity contribution >= 4 is 27.5 Å². The molecule has 1 amide bonds. The Morgan fingerprint density at radius 1 is 1.24 bits per heavy atom. The maximum atomic E-state index is 12.9. The zero-order chi connectivity index (χ0) is 20.6. The first-order chi connectivity index (χ1) is 13.8. The highest BCUT2D eigenvalue weighted by Gasteiger charge is 2.40. The molecule has 0 spiro atoms. The Hall–Kier alpha value is -2.09. The minimum atomic E-state index is -4.41. The van der Waals surface area contributed by atoms with E-state index in [4.69, 9.17) is 0 Å². The zero-order valence-electron chi connectivity index (χ0n) is 15.6. The highest BCUT2D eigenvalue weighted by Crippen LogP contribution is 2.49. The standard InChI is InChI=1S/C21H21BrF3N3O/c22-16-3-1-13(2-4-16)19-7-14(19)8-20(29)27-17-5-6-28(12-17)18-9-15(10-26-11-18)21(23,24)25/h1-4,9-11,14,17,19H,5-8,12H2,(H,27,29)/t14-,17+,19-/m0/s1. The quantitative estimate of drug-likeness (QED) is 0.689. The van der Waals surface area contributed by atoms with E-state index in [9.17, 15) is 18.0 Å². The van der Waals surface area contributed by atoms with Crippen LogP contribution in [0.3, 0.4) is 0 Å². The molecule has 2 aliphatic rings. The molecule has 1 saturated carbocycles. The van der Waals surface area contributed by atoms with Crippen molar-refractivity contribution in [3.63, 3.8) is 0 Å². The number of aromatic nitrogens is 1. The predicted octanol–water partition coefficient (Wildman–Crippen LogP) is 4.75. The lowest BCUT2D eigenvalue weighted by molar-refractivity contribution is -0.137. The van der Waals surface area contributed by atoms with Gasteiger partial charge in [-0.15, -0.1) is 0 Å². The highest BCUT2D eigenvalue weighted by atomic mass is 79.9. The first-order valence-electron chi connectivity index (χ1n) is 9.61. The average molecular weight is 468 g/mol. The molecule has 0 radical (unpaired) electrons. The van der Waals surface area contributed by atoms with Gasteiger partial charge in [0.15, 0.2) is 0 Å². The molecule has 2 heterocycles. The summed E-state index contributed by atoms with van der Waals surface area (Å²) in [6, 6.07) is 9.27. The molecule has 3 atom stereocenters. The Balaban J connectivity index is 1.27. The summed E-state index contributed by atoms with van der Waals surface area (Å²) in [7, 11) is 0. The number of nitrogens with zero attached hydrogens (tertiary/aromatic N) is 2. The molecular formula is C21H21BrF3N3O. The second-order valence-electron chi connectivity index (χ2n) is 7.79. The Labute approximate surface area is 175 Å². The normalized spacial score (nSPS) is 23.9. The van der Waals surface area contributed by atoms with Crippen molar-refractivity contribution in [2.75, 3.05) is 18.0 Å². The highest BCUT2D eigenvalue weighted by molar-refractivity contribution is 9.10. The van der Waals surface area contributed by atoms with Gasteiger partial charge in [-0.3, -0.25) is 9.78 Å². The van der Waals surface area contributed by atoms with E-state index in [-0.39, 0.29) is 11.9 Å². The molecule has 1 aliphatic carbocycles.